The first kappa shape index (κ1) is 22.9. The fourth-order valence-electron chi connectivity index (χ4n) is 3.96. The Labute approximate surface area is 190 Å². The molecule has 1 fully saturated rings. The number of benzene rings is 1. The second kappa shape index (κ2) is 9.69. The van der Waals surface area contributed by atoms with E-state index in [2.05, 4.69) is 10.3 Å². The highest BCUT2D eigenvalue weighted by molar-refractivity contribution is 6.41. The Morgan fingerprint density at radius 3 is 2.73 bits per heavy atom. The Kier molecular flexibility index (Phi) is 6.72. The molecule has 4 N–H and O–H groups in total. The Balaban J connectivity index is 1.89. The minimum Gasteiger partial charge on any atom is -0.477 e. The van der Waals surface area contributed by atoms with E-state index in [0.29, 0.717) is 54.9 Å². The van der Waals surface area contributed by atoms with Gasteiger partial charge in [0.15, 0.2) is 11.7 Å². The summed E-state index contributed by atoms with van der Waals surface area (Å²) in [6.45, 7) is 1.98. The Morgan fingerprint density at radius 2 is 2.06 bits per heavy atom. The summed E-state index contributed by atoms with van der Waals surface area (Å²) in [7, 11) is 1.76. The number of hydrogen-bond donors (Lipinski definition) is 4. The van der Waals surface area contributed by atoms with E-state index < -0.39 is 24.4 Å². The number of ether oxygens (including phenoxy) is 1. The third-order valence-electron chi connectivity index (χ3n) is 5.72. The molecule has 4 rings (SSSR count). The van der Waals surface area contributed by atoms with Crippen molar-refractivity contribution in [3.8, 4) is 0 Å². The molecule has 11 heteroatoms. The molecule has 1 saturated heterocycles. The number of aliphatic carboxylic acids is 1. The normalized spacial score (nSPS) is 20.4. The molecule has 33 heavy (non-hydrogen) atoms. The minimum absolute atomic E-state index is 0.102. The fourth-order valence-corrected chi connectivity index (χ4v) is 3.96. The van der Waals surface area contributed by atoms with Gasteiger partial charge in [-0.25, -0.2) is 19.2 Å². The van der Waals surface area contributed by atoms with Crippen molar-refractivity contribution >= 4 is 23.3 Å². The lowest BCUT2D eigenvalue weighted by atomic mass is 9.97. The summed E-state index contributed by atoms with van der Waals surface area (Å²) in [4.78, 5) is 24.7. The quantitative estimate of drug-likeness (QED) is 0.468. The van der Waals surface area contributed by atoms with Gasteiger partial charge < -0.3 is 35.2 Å². The van der Waals surface area contributed by atoms with Crippen LogP contribution in [0.2, 0.25) is 0 Å². The second-order valence-corrected chi connectivity index (χ2v) is 7.83. The summed E-state index contributed by atoms with van der Waals surface area (Å²) in [5.74, 6) is -1.18. The van der Waals surface area contributed by atoms with Crippen molar-refractivity contribution in [1.82, 2.24) is 15.1 Å². The molecule has 3 aliphatic heterocycles. The first-order valence-corrected chi connectivity index (χ1v) is 10.6. The summed E-state index contributed by atoms with van der Waals surface area (Å²) in [5, 5.41) is 32.0. The predicted molar refractivity (Wildman–Crippen MR) is 119 cm³/mol. The molecular weight excluding hydrogens is 433 g/mol. The van der Waals surface area contributed by atoms with Crippen LogP contribution in [-0.4, -0.2) is 95.3 Å². The smallest absolute Gasteiger partial charge is 0.354 e. The third kappa shape index (κ3) is 4.61. The van der Waals surface area contributed by atoms with Crippen LogP contribution in [0.4, 0.5) is 4.39 Å². The summed E-state index contributed by atoms with van der Waals surface area (Å²) in [6.07, 6.45) is 1.48. The van der Waals surface area contributed by atoms with Crippen molar-refractivity contribution in [1.29, 1.82) is 0 Å². The SMILES string of the molecule is CN(CCO)C1=CC(C(=O)O)=NC2=C(c3ccc(F)c(CO)c3)N=C(N3CCOCC3)NC12. The number of nitrogens with zero attached hydrogens (tertiary/aromatic N) is 4. The minimum atomic E-state index is -1.20. The van der Waals surface area contributed by atoms with Gasteiger partial charge in [-0.2, -0.15) is 0 Å². The standard InChI is InChI=1S/C22H26FN5O5/c1-27(4-7-29)17-11-16(21(31)32)24-20-18(13-2-3-15(23)14(10-13)12-30)25-22(26-19(17)20)28-5-8-33-9-6-28/h2-3,10-11,19,29-30H,4-9,12H2,1H3,(H,25,26)(H,31,32). The fraction of sp³-hybridized carbons (Fsp3) is 0.409. The van der Waals surface area contributed by atoms with Crippen molar-refractivity contribution in [2.75, 3.05) is 46.5 Å². The van der Waals surface area contributed by atoms with E-state index in [4.69, 9.17) is 9.73 Å². The van der Waals surface area contributed by atoms with Crippen LogP contribution in [0.5, 0.6) is 0 Å². The molecule has 10 nitrogen and oxygen atoms in total. The van der Waals surface area contributed by atoms with Crippen LogP contribution < -0.4 is 5.32 Å². The number of aliphatic hydroxyl groups is 2. The van der Waals surface area contributed by atoms with E-state index in [1.807, 2.05) is 4.90 Å². The van der Waals surface area contributed by atoms with E-state index in [9.17, 15) is 24.5 Å². The molecule has 1 unspecified atom stereocenters. The number of aliphatic hydroxyl groups excluding tert-OH is 2. The Bertz CT molecular complexity index is 1060. The average Bonchev–Trinajstić information content (AvgIpc) is 2.83. The van der Waals surface area contributed by atoms with E-state index in [-0.39, 0.29) is 24.4 Å². The lowest BCUT2D eigenvalue weighted by Crippen LogP contribution is -2.54. The van der Waals surface area contributed by atoms with Gasteiger partial charge in [-0.1, -0.05) is 0 Å². The van der Waals surface area contributed by atoms with Gasteiger partial charge in [-0.15, -0.1) is 0 Å². The van der Waals surface area contributed by atoms with Gasteiger partial charge in [-0.3, -0.25) is 0 Å². The molecule has 0 aromatic heterocycles. The number of nitrogens with one attached hydrogen (secondary N) is 1. The number of likely N-dealkylation sites (N-methyl/N-ethyl adjacent to an activating group) is 1. The van der Waals surface area contributed by atoms with E-state index in [1.54, 1.807) is 11.9 Å². The van der Waals surface area contributed by atoms with E-state index in [0.717, 1.165) is 0 Å². The van der Waals surface area contributed by atoms with Gasteiger partial charge in [0.2, 0.25) is 0 Å². The largest absolute Gasteiger partial charge is 0.477 e. The number of carboxylic acid groups (broad SMARTS) is 1. The molecule has 0 radical (unpaired) electrons. The van der Waals surface area contributed by atoms with Gasteiger partial charge in [-0.05, 0) is 24.3 Å². The van der Waals surface area contributed by atoms with E-state index in [1.165, 1.54) is 24.3 Å². The van der Waals surface area contributed by atoms with Crippen molar-refractivity contribution in [3.05, 3.63) is 52.6 Å². The summed E-state index contributed by atoms with van der Waals surface area (Å²) >= 11 is 0. The number of morpholine rings is 1. The van der Waals surface area contributed by atoms with Crippen LogP contribution in [0.25, 0.3) is 5.70 Å². The number of dihydropyridines is 1. The highest BCUT2D eigenvalue weighted by Crippen LogP contribution is 2.34. The van der Waals surface area contributed by atoms with Gasteiger partial charge in [0.1, 0.15) is 11.9 Å². The van der Waals surface area contributed by atoms with Crippen molar-refractivity contribution in [3.63, 3.8) is 0 Å². The molecule has 1 atom stereocenters. The Hall–Kier alpha value is -3.28. The summed E-state index contributed by atoms with van der Waals surface area (Å²) in [5.41, 5.74) is 1.79. The van der Waals surface area contributed by atoms with Gasteiger partial charge in [0.25, 0.3) is 0 Å². The first-order chi connectivity index (χ1) is 15.9. The molecule has 0 amide bonds. The number of carbonyl (C=O) groups is 1. The maximum atomic E-state index is 14.1. The molecule has 0 spiro atoms. The zero-order chi connectivity index (χ0) is 23.5. The number of fused-ring (bicyclic) bond motifs is 1. The van der Waals surface area contributed by atoms with Crippen LogP contribution in [0.15, 0.2) is 45.7 Å². The lowest BCUT2D eigenvalue weighted by Gasteiger charge is -2.39. The van der Waals surface area contributed by atoms with Crippen molar-refractivity contribution in [2.24, 2.45) is 9.98 Å². The number of aliphatic imine (C=N–C) groups is 2. The monoisotopic (exact) mass is 459 g/mol. The number of carboxylic acids is 1. The number of halogens is 1. The molecule has 0 saturated carbocycles. The molecule has 3 heterocycles. The predicted octanol–water partition coefficient (Wildman–Crippen LogP) is -0.00620. The van der Waals surface area contributed by atoms with Gasteiger partial charge in [0.05, 0.1) is 37.8 Å². The zero-order valence-electron chi connectivity index (χ0n) is 18.2. The zero-order valence-corrected chi connectivity index (χ0v) is 18.2. The van der Waals surface area contributed by atoms with Crippen LogP contribution in [0.1, 0.15) is 11.1 Å². The summed E-state index contributed by atoms with van der Waals surface area (Å²) in [6, 6.07) is 3.73. The molecule has 1 aromatic carbocycles. The molecule has 0 aliphatic carbocycles. The number of guanidine groups is 1. The van der Waals surface area contributed by atoms with Gasteiger partial charge in [0, 0.05) is 43.5 Å². The molecule has 176 valence electrons. The number of rotatable bonds is 6. The van der Waals surface area contributed by atoms with Crippen LogP contribution in [-0.2, 0) is 16.1 Å². The molecule has 3 aliphatic rings. The first-order valence-electron chi connectivity index (χ1n) is 10.6. The van der Waals surface area contributed by atoms with Crippen LogP contribution in [0, 0.1) is 5.82 Å². The highest BCUT2D eigenvalue weighted by Gasteiger charge is 2.36. The van der Waals surface area contributed by atoms with Crippen LogP contribution in [0.3, 0.4) is 0 Å². The number of hydrogen-bond acceptors (Lipinski definition) is 9. The van der Waals surface area contributed by atoms with Gasteiger partial charge >= 0.3 is 5.97 Å². The topological polar surface area (TPSA) is 130 Å². The maximum absolute atomic E-state index is 14.1. The van der Waals surface area contributed by atoms with Crippen LogP contribution >= 0.6 is 0 Å². The maximum Gasteiger partial charge on any atom is 0.354 e. The average molecular weight is 459 g/mol. The molecular formula is C22H26FN5O5. The second-order valence-electron chi connectivity index (χ2n) is 7.83. The highest BCUT2D eigenvalue weighted by atomic mass is 19.1. The molecule has 1 aromatic rings. The van der Waals surface area contributed by atoms with E-state index >= 15 is 0 Å². The third-order valence-corrected chi connectivity index (χ3v) is 5.72. The lowest BCUT2D eigenvalue weighted by molar-refractivity contribution is -0.129. The van der Waals surface area contributed by atoms with Crippen molar-refractivity contribution < 1.29 is 29.2 Å². The van der Waals surface area contributed by atoms with Crippen molar-refractivity contribution in [2.45, 2.75) is 12.6 Å². The summed E-state index contributed by atoms with van der Waals surface area (Å²) < 4.78 is 19.5. The molecule has 0 bridgehead atoms. The Morgan fingerprint density at radius 1 is 1.30 bits per heavy atom.